The fourth-order valence-corrected chi connectivity index (χ4v) is 7.58. The fourth-order valence-electron chi connectivity index (χ4n) is 7.58. The van der Waals surface area contributed by atoms with Gasteiger partial charge in [0.15, 0.2) is 0 Å². The van der Waals surface area contributed by atoms with Crippen LogP contribution in [-0.2, 0) is 37.0 Å². The van der Waals surface area contributed by atoms with Crippen molar-refractivity contribution in [2.24, 2.45) is 0 Å². The molecule has 0 aromatic heterocycles. The van der Waals surface area contributed by atoms with Crippen molar-refractivity contribution >= 4 is 22.8 Å². The van der Waals surface area contributed by atoms with Gasteiger partial charge in [-0.15, -0.1) is 34.1 Å². The van der Waals surface area contributed by atoms with E-state index in [0.717, 1.165) is 6.42 Å². The SMILES string of the molecule is Cc1ccc(C2=C(c3c(C(C)(C)C)c(=C(c4ccccc4)c4ccccc4)cc4c3=[C-]c3cc(C(C)(C)C)ccc3-4)CC=C2)c(C)c1.[Cl-].[Cl-].[Zr+3]. The van der Waals surface area contributed by atoms with E-state index in [1.807, 2.05) is 0 Å². The van der Waals surface area contributed by atoms with Crippen molar-refractivity contribution in [1.29, 1.82) is 0 Å². The summed E-state index contributed by atoms with van der Waals surface area (Å²) in [6.07, 6.45) is 9.63. The van der Waals surface area contributed by atoms with Gasteiger partial charge in [0, 0.05) is 0 Å². The molecule has 0 saturated heterocycles. The van der Waals surface area contributed by atoms with Crippen LogP contribution < -0.4 is 35.3 Å². The molecule has 1 radical (unpaired) electrons. The Kier molecular flexibility index (Phi) is 12.0. The van der Waals surface area contributed by atoms with Crippen LogP contribution >= 0.6 is 0 Å². The van der Waals surface area contributed by atoms with Gasteiger partial charge in [-0.05, 0) is 69.7 Å². The van der Waals surface area contributed by atoms with E-state index in [2.05, 4.69) is 177 Å². The van der Waals surface area contributed by atoms with E-state index >= 15 is 0 Å². The molecule has 0 heterocycles. The summed E-state index contributed by atoms with van der Waals surface area (Å²) < 4.78 is 0. The first-order chi connectivity index (χ1) is 22.4. The van der Waals surface area contributed by atoms with Crippen LogP contribution in [0.4, 0.5) is 0 Å². The normalized spacial score (nSPS) is 13.0. The van der Waals surface area contributed by atoms with Crippen molar-refractivity contribution in [3.05, 3.63) is 176 Å². The van der Waals surface area contributed by atoms with Gasteiger partial charge in [-0.25, -0.2) is 0 Å². The molecular weight excluding hydrogens is 727 g/mol. The quantitative estimate of drug-likeness (QED) is 0.228. The van der Waals surface area contributed by atoms with E-state index in [1.54, 1.807) is 0 Å². The summed E-state index contributed by atoms with van der Waals surface area (Å²) in [6, 6.07) is 38.4. The maximum Gasteiger partial charge on any atom is 3.00 e. The molecule has 3 heteroatoms. The Hall–Kier alpha value is -3.22. The van der Waals surface area contributed by atoms with Gasteiger partial charge in [0.1, 0.15) is 0 Å². The minimum atomic E-state index is -0.148. The molecule has 0 atom stereocenters. The molecule has 251 valence electrons. The first kappa shape index (κ1) is 39.6. The van der Waals surface area contributed by atoms with Crippen LogP contribution in [-0.4, -0.2) is 0 Å². The van der Waals surface area contributed by atoms with Gasteiger partial charge in [0.05, 0.1) is 0 Å². The molecule has 0 nitrogen and oxygen atoms in total. The molecule has 0 aliphatic heterocycles. The zero-order valence-electron chi connectivity index (χ0n) is 30.4. The second-order valence-electron chi connectivity index (χ2n) is 15.4. The van der Waals surface area contributed by atoms with Crippen molar-refractivity contribution in [3.63, 3.8) is 0 Å². The molecule has 0 amide bonds. The van der Waals surface area contributed by atoms with E-state index in [4.69, 9.17) is 0 Å². The topological polar surface area (TPSA) is 0 Å². The van der Waals surface area contributed by atoms with Gasteiger partial charge < -0.3 is 24.8 Å². The molecule has 0 unspecified atom stereocenters. The van der Waals surface area contributed by atoms with Gasteiger partial charge in [-0.1, -0.05) is 179 Å². The molecule has 0 bridgehead atoms. The van der Waals surface area contributed by atoms with E-state index in [0.29, 0.717) is 0 Å². The Labute approximate surface area is 331 Å². The van der Waals surface area contributed by atoms with Crippen LogP contribution in [0.25, 0.3) is 33.9 Å². The monoisotopic (exact) mass is 769 g/mol. The zero-order chi connectivity index (χ0) is 33.1. The molecule has 50 heavy (non-hydrogen) atoms. The van der Waals surface area contributed by atoms with Crippen molar-refractivity contribution < 1.29 is 51.0 Å². The molecule has 0 spiro atoms. The maximum atomic E-state index is 4.02. The Morgan fingerprint density at radius 1 is 0.640 bits per heavy atom. The minimum Gasteiger partial charge on any atom is -1.00 e. The zero-order valence-corrected chi connectivity index (χ0v) is 34.4. The van der Waals surface area contributed by atoms with Crippen LogP contribution in [0.1, 0.15) is 98.0 Å². The molecular formula is C47H45Cl2Zr. The Morgan fingerprint density at radius 3 is 1.80 bits per heavy atom. The van der Waals surface area contributed by atoms with Crippen LogP contribution in [0.2, 0.25) is 0 Å². The summed E-state index contributed by atoms with van der Waals surface area (Å²) >= 11 is 0. The summed E-state index contributed by atoms with van der Waals surface area (Å²) in [5.74, 6) is 0. The van der Waals surface area contributed by atoms with E-state index < -0.39 is 0 Å². The average Bonchev–Trinajstić information content (AvgIpc) is 3.65. The number of benzene rings is 5. The standard InChI is InChI=1S/C47H45.2ClH.Zr/c1-30-22-24-36(31(2)26-30)38-20-15-21-39(38)44-41-28-34-27-35(46(3,4)5)23-25-37(34)40(41)29-42(45(44)47(6,7)8)43(32-16-11-9-12-17-32)33-18-13-10-14-19-33;;;/h9-20,22-27,29H,21H2,1-8H3;2*1H;/q-1;;;+3/p-2. The van der Waals surface area contributed by atoms with Gasteiger partial charge >= 0.3 is 26.2 Å². The molecule has 0 N–H and O–H groups in total. The number of hydrogen-bond acceptors (Lipinski definition) is 0. The first-order valence-electron chi connectivity index (χ1n) is 17.0. The number of aryl methyl sites for hydroxylation is 2. The molecule has 2 aliphatic rings. The third-order valence-corrected chi connectivity index (χ3v) is 9.81. The second-order valence-corrected chi connectivity index (χ2v) is 15.4. The van der Waals surface area contributed by atoms with Crippen molar-refractivity contribution in [1.82, 2.24) is 0 Å². The van der Waals surface area contributed by atoms with E-state index in [9.17, 15) is 0 Å². The van der Waals surface area contributed by atoms with Crippen molar-refractivity contribution in [2.45, 2.75) is 72.6 Å². The third-order valence-electron chi connectivity index (χ3n) is 9.81. The molecule has 7 rings (SSSR count). The molecule has 5 aromatic carbocycles. The molecule has 0 fully saturated rings. The summed E-state index contributed by atoms with van der Waals surface area (Å²) in [5, 5.41) is 2.54. The Morgan fingerprint density at radius 2 is 1.24 bits per heavy atom. The molecule has 2 aliphatic carbocycles. The number of fused-ring (bicyclic) bond motifs is 3. The maximum absolute atomic E-state index is 4.02. The van der Waals surface area contributed by atoms with Crippen molar-refractivity contribution in [2.75, 3.05) is 0 Å². The average molecular weight is 772 g/mol. The second kappa shape index (κ2) is 15.2. The summed E-state index contributed by atoms with van der Waals surface area (Å²) in [6.45, 7) is 18.5. The largest absolute Gasteiger partial charge is 3.00 e. The number of rotatable bonds is 4. The van der Waals surface area contributed by atoms with Gasteiger partial charge in [-0.3, -0.25) is 0 Å². The summed E-state index contributed by atoms with van der Waals surface area (Å²) in [5.41, 5.74) is 18.2. The number of allylic oxidation sites excluding steroid dienone is 4. The third kappa shape index (κ3) is 7.25. The molecule has 0 saturated carbocycles. The first-order valence-corrected chi connectivity index (χ1v) is 17.0. The van der Waals surface area contributed by atoms with Gasteiger partial charge in [0.25, 0.3) is 0 Å². The van der Waals surface area contributed by atoms with Crippen LogP contribution in [0.5, 0.6) is 0 Å². The smallest absolute Gasteiger partial charge is 1.00 e. The fraction of sp³-hybridized carbons (Fsp3) is 0.234. The Balaban J connectivity index is 0.00000187. The van der Waals surface area contributed by atoms with Gasteiger partial charge in [-0.2, -0.15) is 0 Å². The van der Waals surface area contributed by atoms with Crippen LogP contribution in [0.3, 0.4) is 0 Å². The predicted octanol–water partition coefficient (Wildman–Crippen LogP) is 4.71. The van der Waals surface area contributed by atoms with E-state index in [-0.39, 0.29) is 61.8 Å². The number of hydrogen-bond donors (Lipinski definition) is 0. The van der Waals surface area contributed by atoms with E-state index in [1.165, 1.54) is 88.4 Å². The van der Waals surface area contributed by atoms with Crippen molar-refractivity contribution in [3.8, 4) is 11.1 Å². The van der Waals surface area contributed by atoms with Crippen LogP contribution in [0.15, 0.2) is 115 Å². The minimum absolute atomic E-state index is 0. The number of halogens is 2. The Bertz CT molecular complexity index is 2180. The van der Waals surface area contributed by atoms with Crippen LogP contribution in [0, 0.1) is 13.8 Å². The predicted molar refractivity (Wildman–Crippen MR) is 202 cm³/mol. The van der Waals surface area contributed by atoms with Gasteiger partial charge in [0.2, 0.25) is 0 Å². The summed E-state index contributed by atoms with van der Waals surface area (Å²) in [4.78, 5) is 0. The summed E-state index contributed by atoms with van der Waals surface area (Å²) in [7, 11) is 0. The molecule has 5 aromatic rings.